The predicted octanol–water partition coefficient (Wildman–Crippen LogP) is 2.51. The number of benzene rings is 1. The van der Waals surface area contributed by atoms with Crippen LogP contribution in [0.1, 0.15) is 30.0 Å². The molecule has 0 unspecified atom stereocenters. The summed E-state index contributed by atoms with van der Waals surface area (Å²) in [6, 6.07) is 8.50. The zero-order valence-electron chi connectivity index (χ0n) is 14.8. The molecule has 0 radical (unpaired) electrons. The van der Waals surface area contributed by atoms with Gasteiger partial charge in [0.2, 0.25) is 5.88 Å². The van der Waals surface area contributed by atoms with Gasteiger partial charge in [-0.2, -0.15) is 4.98 Å². The average Bonchev–Trinajstić information content (AvgIpc) is 2.60. The van der Waals surface area contributed by atoms with Gasteiger partial charge in [-0.25, -0.2) is 13.4 Å². The number of hydrogen-bond acceptors (Lipinski definition) is 6. The molecule has 0 saturated heterocycles. The SMILES string of the molecule is CCc1ncc(C(=O)N[C@@H](C)/C=C/S(C)(=O)=O)c(Oc2ccccc2)n1. The molecule has 1 N–H and O–H groups in total. The third kappa shape index (κ3) is 5.96. The van der Waals surface area contributed by atoms with E-state index in [9.17, 15) is 13.2 Å². The number of nitrogens with one attached hydrogen (secondary N) is 1. The van der Waals surface area contributed by atoms with Gasteiger partial charge in [0.05, 0.1) is 0 Å². The van der Waals surface area contributed by atoms with E-state index in [2.05, 4.69) is 15.3 Å². The Kier molecular flexibility index (Phi) is 6.46. The maximum Gasteiger partial charge on any atom is 0.258 e. The molecule has 7 nitrogen and oxygen atoms in total. The Morgan fingerprint density at radius 3 is 2.62 bits per heavy atom. The fraction of sp³-hybridized carbons (Fsp3) is 0.278. The van der Waals surface area contributed by atoms with Crippen LogP contribution in [0.5, 0.6) is 11.6 Å². The van der Waals surface area contributed by atoms with Crippen LogP contribution in [-0.4, -0.2) is 36.6 Å². The number of aromatic nitrogens is 2. The highest BCUT2D eigenvalue weighted by molar-refractivity contribution is 7.93. The zero-order valence-corrected chi connectivity index (χ0v) is 15.7. The zero-order chi connectivity index (χ0) is 19.2. The van der Waals surface area contributed by atoms with E-state index >= 15 is 0 Å². The van der Waals surface area contributed by atoms with E-state index in [-0.39, 0.29) is 11.4 Å². The van der Waals surface area contributed by atoms with Gasteiger partial charge in [-0.05, 0) is 19.1 Å². The number of carbonyl (C=O) groups is 1. The fourth-order valence-corrected chi connectivity index (χ4v) is 2.52. The summed E-state index contributed by atoms with van der Waals surface area (Å²) < 4.78 is 28.1. The summed E-state index contributed by atoms with van der Waals surface area (Å²) >= 11 is 0. The van der Waals surface area contributed by atoms with Gasteiger partial charge in [0.25, 0.3) is 5.91 Å². The second kappa shape index (κ2) is 8.57. The van der Waals surface area contributed by atoms with Crippen molar-refractivity contribution in [2.24, 2.45) is 0 Å². The molecule has 0 spiro atoms. The minimum Gasteiger partial charge on any atom is -0.438 e. The lowest BCUT2D eigenvalue weighted by Crippen LogP contribution is -2.31. The molecular formula is C18H21N3O4S. The van der Waals surface area contributed by atoms with Crippen LogP contribution in [0.3, 0.4) is 0 Å². The maximum atomic E-state index is 12.5. The Balaban J connectivity index is 2.24. The molecule has 1 atom stereocenters. The first-order valence-corrected chi connectivity index (χ1v) is 10.0. The van der Waals surface area contributed by atoms with E-state index < -0.39 is 21.8 Å². The Morgan fingerprint density at radius 1 is 1.31 bits per heavy atom. The molecule has 0 aliphatic rings. The van der Waals surface area contributed by atoms with E-state index in [4.69, 9.17) is 4.74 Å². The summed E-state index contributed by atoms with van der Waals surface area (Å²) in [6.07, 6.45) is 4.49. The molecule has 138 valence electrons. The van der Waals surface area contributed by atoms with Crippen LogP contribution in [0, 0.1) is 0 Å². The van der Waals surface area contributed by atoms with E-state index in [1.165, 1.54) is 12.3 Å². The van der Waals surface area contributed by atoms with Gasteiger partial charge in [0, 0.05) is 30.3 Å². The summed E-state index contributed by atoms with van der Waals surface area (Å²) in [6.45, 7) is 3.57. The minimum atomic E-state index is -3.26. The molecule has 1 amide bonds. The molecule has 1 aromatic heterocycles. The second-order valence-electron chi connectivity index (χ2n) is 5.69. The molecule has 0 fully saturated rings. The number of sulfone groups is 1. The Hall–Kier alpha value is -2.74. The molecule has 0 saturated carbocycles. The van der Waals surface area contributed by atoms with Gasteiger partial charge in [-0.3, -0.25) is 4.79 Å². The number of nitrogens with zero attached hydrogens (tertiary/aromatic N) is 2. The van der Waals surface area contributed by atoms with Crippen molar-refractivity contribution in [1.82, 2.24) is 15.3 Å². The van der Waals surface area contributed by atoms with Crippen molar-refractivity contribution < 1.29 is 17.9 Å². The summed E-state index contributed by atoms with van der Waals surface area (Å²) in [5, 5.41) is 3.73. The number of amides is 1. The van der Waals surface area contributed by atoms with Gasteiger partial charge in [0.15, 0.2) is 9.84 Å². The van der Waals surface area contributed by atoms with Crippen LogP contribution in [0.15, 0.2) is 48.0 Å². The smallest absolute Gasteiger partial charge is 0.258 e. The molecule has 1 aromatic carbocycles. The maximum absolute atomic E-state index is 12.5. The van der Waals surface area contributed by atoms with Crippen LogP contribution in [-0.2, 0) is 16.3 Å². The van der Waals surface area contributed by atoms with Gasteiger partial charge in [-0.15, -0.1) is 0 Å². The third-order valence-electron chi connectivity index (χ3n) is 3.30. The van der Waals surface area contributed by atoms with Gasteiger partial charge in [0.1, 0.15) is 17.1 Å². The molecule has 26 heavy (non-hydrogen) atoms. The first-order chi connectivity index (χ1) is 12.3. The number of aryl methyl sites for hydroxylation is 1. The summed E-state index contributed by atoms with van der Waals surface area (Å²) in [4.78, 5) is 21.0. The molecule has 0 aliphatic heterocycles. The number of rotatable bonds is 7. The standard InChI is InChI=1S/C18H21N3O4S/c1-4-16-19-12-15(17(22)20-13(2)10-11-26(3,23)24)18(21-16)25-14-8-6-5-7-9-14/h5-13H,4H2,1-3H3,(H,20,22)/b11-10+/t13-/m0/s1. The molecule has 1 heterocycles. The molecular weight excluding hydrogens is 354 g/mol. The van der Waals surface area contributed by atoms with Crippen molar-refractivity contribution in [3.8, 4) is 11.6 Å². The number of carbonyl (C=O) groups excluding carboxylic acids is 1. The van der Waals surface area contributed by atoms with Crippen LogP contribution >= 0.6 is 0 Å². The van der Waals surface area contributed by atoms with Crippen LogP contribution in [0.2, 0.25) is 0 Å². The molecule has 0 aliphatic carbocycles. The molecule has 0 bridgehead atoms. The highest BCUT2D eigenvalue weighted by Crippen LogP contribution is 2.23. The Morgan fingerprint density at radius 2 is 2.00 bits per heavy atom. The lowest BCUT2D eigenvalue weighted by Gasteiger charge is -2.13. The fourth-order valence-electron chi connectivity index (χ4n) is 2.00. The monoisotopic (exact) mass is 375 g/mol. The van der Waals surface area contributed by atoms with Crippen molar-refractivity contribution in [1.29, 1.82) is 0 Å². The van der Waals surface area contributed by atoms with E-state index in [1.54, 1.807) is 19.1 Å². The summed E-state index contributed by atoms with van der Waals surface area (Å²) in [5.74, 6) is 0.800. The van der Waals surface area contributed by atoms with Crippen LogP contribution in [0.4, 0.5) is 0 Å². The van der Waals surface area contributed by atoms with E-state index in [0.717, 1.165) is 11.7 Å². The largest absolute Gasteiger partial charge is 0.438 e. The number of ether oxygens (including phenoxy) is 1. The second-order valence-corrected chi connectivity index (χ2v) is 7.63. The minimum absolute atomic E-state index is 0.153. The van der Waals surface area contributed by atoms with Crippen molar-refractivity contribution in [3.05, 3.63) is 59.4 Å². The lowest BCUT2D eigenvalue weighted by molar-refractivity contribution is 0.0943. The third-order valence-corrected chi connectivity index (χ3v) is 3.95. The highest BCUT2D eigenvalue weighted by Gasteiger charge is 2.18. The summed E-state index contributed by atoms with van der Waals surface area (Å²) in [7, 11) is -3.26. The first kappa shape index (κ1) is 19.6. The van der Waals surface area contributed by atoms with E-state index in [1.807, 2.05) is 25.1 Å². The van der Waals surface area contributed by atoms with Crippen molar-refractivity contribution >= 4 is 15.7 Å². The van der Waals surface area contributed by atoms with Crippen molar-refractivity contribution in [3.63, 3.8) is 0 Å². The first-order valence-electron chi connectivity index (χ1n) is 8.06. The van der Waals surface area contributed by atoms with Crippen LogP contribution in [0.25, 0.3) is 0 Å². The summed E-state index contributed by atoms with van der Waals surface area (Å²) in [5.41, 5.74) is 0.172. The van der Waals surface area contributed by atoms with E-state index in [0.29, 0.717) is 18.0 Å². The number of hydrogen-bond donors (Lipinski definition) is 1. The topological polar surface area (TPSA) is 98.2 Å². The number of para-hydroxylation sites is 1. The predicted molar refractivity (Wildman–Crippen MR) is 98.8 cm³/mol. The quantitative estimate of drug-likeness (QED) is 0.798. The molecule has 8 heteroatoms. The van der Waals surface area contributed by atoms with Crippen molar-refractivity contribution in [2.75, 3.05) is 6.26 Å². The van der Waals surface area contributed by atoms with Crippen LogP contribution < -0.4 is 10.1 Å². The molecule has 2 aromatic rings. The van der Waals surface area contributed by atoms with Crippen molar-refractivity contribution in [2.45, 2.75) is 26.3 Å². The Bertz CT molecular complexity index is 896. The normalized spacial score (nSPS) is 12.7. The highest BCUT2D eigenvalue weighted by atomic mass is 32.2. The average molecular weight is 375 g/mol. The van der Waals surface area contributed by atoms with Gasteiger partial charge in [-0.1, -0.05) is 31.2 Å². The lowest BCUT2D eigenvalue weighted by atomic mass is 10.2. The van der Waals surface area contributed by atoms with Gasteiger partial charge < -0.3 is 10.1 Å². The van der Waals surface area contributed by atoms with Gasteiger partial charge >= 0.3 is 0 Å². The Labute approximate surface area is 153 Å². The molecule has 2 rings (SSSR count).